The van der Waals surface area contributed by atoms with E-state index in [2.05, 4.69) is 19.9 Å². The molecule has 2 heterocycles. The molecular weight excluding hydrogens is 298 g/mol. The zero-order chi connectivity index (χ0) is 15.4. The number of aromatic nitrogens is 4. The highest BCUT2D eigenvalue weighted by Crippen LogP contribution is 2.32. The molecule has 0 bridgehead atoms. The number of benzene rings is 1. The van der Waals surface area contributed by atoms with Gasteiger partial charge >= 0.3 is 6.01 Å². The van der Waals surface area contributed by atoms with Crippen molar-refractivity contribution < 1.29 is 4.74 Å². The first-order valence-corrected chi connectivity index (χ1v) is 7.29. The second-order valence-electron chi connectivity index (χ2n) is 4.34. The van der Waals surface area contributed by atoms with Crippen LogP contribution in [0, 0.1) is 0 Å². The second-order valence-corrected chi connectivity index (χ2v) is 5.40. The minimum Gasteiger partial charge on any atom is -0.467 e. The summed E-state index contributed by atoms with van der Waals surface area (Å²) in [7, 11) is 1.53. The zero-order valence-electron chi connectivity index (χ0n) is 11.8. The molecule has 22 heavy (non-hydrogen) atoms. The number of anilines is 1. The lowest BCUT2D eigenvalue weighted by Gasteiger charge is -2.07. The summed E-state index contributed by atoms with van der Waals surface area (Å²) in [5.41, 5.74) is 7.94. The fourth-order valence-electron chi connectivity index (χ4n) is 1.79. The van der Waals surface area contributed by atoms with E-state index in [9.17, 15) is 0 Å². The number of nitrogens with zero attached hydrogens (tertiary/aromatic N) is 4. The van der Waals surface area contributed by atoms with Crippen LogP contribution in [-0.4, -0.2) is 27.0 Å². The summed E-state index contributed by atoms with van der Waals surface area (Å²) < 4.78 is 4.97. The molecule has 3 aromatic rings. The zero-order valence-corrected chi connectivity index (χ0v) is 12.6. The number of methoxy groups -OCH3 is 1. The smallest absolute Gasteiger partial charge is 0.316 e. The van der Waals surface area contributed by atoms with Crippen LogP contribution in [0.25, 0.3) is 11.3 Å². The topological polar surface area (TPSA) is 86.8 Å². The summed E-state index contributed by atoms with van der Waals surface area (Å²) in [4.78, 5) is 18.0. The van der Waals surface area contributed by atoms with E-state index in [0.29, 0.717) is 6.01 Å². The van der Waals surface area contributed by atoms with E-state index in [0.717, 1.165) is 26.9 Å². The Hall–Kier alpha value is -2.67. The van der Waals surface area contributed by atoms with Gasteiger partial charge in [0.05, 0.1) is 7.11 Å². The van der Waals surface area contributed by atoms with E-state index in [1.807, 2.05) is 24.3 Å². The quantitative estimate of drug-likeness (QED) is 0.741. The molecule has 0 unspecified atom stereocenters. The molecule has 3 rings (SSSR count). The highest BCUT2D eigenvalue weighted by atomic mass is 32.2. The van der Waals surface area contributed by atoms with Crippen molar-refractivity contribution >= 4 is 17.4 Å². The predicted molar refractivity (Wildman–Crippen MR) is 84.6 cm³/mol. The average molecular weight is 311 g/mol. The highest BCUT2D eigenvalue weighted by Gasteiger charge is 2.11. The summed E-state index contributed by atoms with van der Waals surface area (Å²) in [5, 5.41) is 0.779. The van der Waals surface area contributed by atoms with Crippen LogP contribution in [0.4, 0.5) is 5.69 Å². The third kappa shape index (κ3) is 3.15. The Kier molecular flexibility index (Phi) is 4.15. The monoisotopic (exact) mass is 311 g/mol. The molecule has 0 saturated heterocycles. The molecule has 0 radical (unpaired) electrons. The lowest BCUT2D eigenvalue weighted by Crippen LogP contribution is -1.95. The molecule has 0 spiro atoms. The maximum Gasteiger partial charge on any atom is 0.316 e. The van der Waals surface area contributed by atoms with Crippen molar-refractivity contribution in [3.8, 4) is 17.3 Å². The summed E-state index contributed by atoms with van der Waals surface area (Å²) in [6.45, 7) is 0. The van der Waals surface area contributed by atoms with Crippen molar-refractivity contribution in [2.24, 2.45) is 0 Å². The highest BCUT2D eigenvalue weighted by molar-refractivity contribution is 7.99. The molecule has 0 aliphatic carbocycles. The number of hydrogen-bond acceptors (Lipinski definition) is 7. The predicted octanol–water partition coefficient (Wildman–Crippen LogP) is 2.68. The average Bonchev–Trinajstić information content (AvgIpc) is 2.58. The van der Waals surface area contributed by atoms with Crippen molar-refractivity contribution in [1.29, 1.82) is 0 Å². The Morgan fingerprint density at radius 2 is 1.64 bits per heavy atom. The normalized spacial score (nSPS) is 10.4. The Bertz CT molecular complexity index is 762. The van der Waals surface area contributed by atoms with Crippen LogP contribution in [0.1, 0.15) is 0 Å². The molecule has 0 aliphatic heterocycles. The minimum atomic E-state index is 0.320. The van der Waals surface area contributed by atoms with Crippen LogP contribution in [-0.2, 0) is 0 Å². The van der Waals surface area contributed by atoms with Gasteiger partial charge in [-0.25, -0.2) is 15.0 Å². The lowest BCUT2D eigenvalue weighted by atomic mass is 10.2. The first-order chi connectivity index (χ1) is 10.8. The maximum absolute atomic E-state index is 5.70. The molecule has 7 heteroatoms. The molecule has 0 fully saturated rings. The van der Waals surface area contributed by atoms with Crippen molar-refractivity contribution in [3.05, 3.63) is 49.1 Å². The van der Waals surface area contributed by atoms with E-state index >= 15 is 0 Å². The number of hydrogen-bond donors (Lipinski definition) is 1. The summed E-state index contributed by atoms with van der Waals surface area (Å²) in [6, 6.07) is 7.93. The molecule has 0 amide bonds. The summed E-state index contributed by atoms with van der Waals surface area (Å²) >= 11 is 1.51. The van der Waals surface area contributed by atoms with Gasteiger partial charge in [-0.1, -0.05) is 11.8 Å². The van der Waals surface area contributed by atoms with Gasteiger partial charge in [-0.15, -0.1) is 0 Å². The van der Waals surface area contributed by atoms with Crippen LogP contribution in [0.2, 0.25) is 0 Å². The van der Waals surface area contributed by atoms with Crippen LogP contribution >= 0.6 is 11.8 Å². The van der Waals surface area contributed by atoms with E-state index in [4.69, 9.17) is 10.5 Å². The SMILES string of the molecule is COc1ncc(-c2nccnc2Sc2ccc(N)cc2)cn1. The van der Waals surface area contributed by atoms with Gasteiger partial charge in [-0.05, 0) is 24.3 Å². The third-order valence-electron chi connectivity index (χ3n) is 2.84. The maximum atomic E-state index is 5.70. The molecular formula is C15H13N5OS. The van der Waals surface area contributed by atoms with Gasteiger partial charge in [0.15, 0.2) is 0 Å². The molecule has 2 aromatic heterocycles. The first-order valence-electron chi connectivity index (χ1n) is 6.47. The van der Waals surface area contributed by atoms with Gasteiger partial charge in [-0.2, -0.15) is 0 Å². The molecule has 1 aromatic carbocycles. The van der Waals surface area contributed by atoms with Crippen molar-refractivity contribution in [2.75, 3.05) is 12.8 Å². The molecule has 6 nitrogen and oxygen atoms in total. The summed E-state index contributed by atoms with van der Waals surface area (Å²) in [6.07, 6.45) is 6.64. The van der Waals surface area contributed by atoms with Crippen molar-refractivity contribution in [2.45, 2.75) is 9.92 Å². The molecule has 110 valence electrons. The van der Waals surface area contributed by atoms with E-state index in [1.165, 1.54) is 18.9 Å². The van der Waals surface area contributed by atoms with Crippen molar-refractivity contribution in [3.63, 3.8) is 0 Å². The number of nitrogens with two attached hydrogens (primary N) is 1. The molecule has 0 atom stereocenters. The van der Waals surface area contributed by atoms with Gasteiger partial charge in [0, 0.05) is 40.9 Å². The van der Waals surface area contributed by atoms with E-state index < -0.39 is 0 Å². The van der Waals surface area contributed by atoms with Gasteiger partial charge in [0.1, 0.15) is 10.7 Å². The Labute approximate surface area is 131 Å². The van der Waals surface area contributed by atoms with E-state index in [1.54, 1.807) is 24.8 Å². The number of ether oxygens (including phenoxy) is 1. The van der Waals surface area contributed by atoms with E-state index in [-0.39, 0.29) is 0 Å². The first kappa shape index (κ1) is 14.3. The molecule has 0 aliphatic rings. The lowest BCUT2D eigenvalue weighted by molar-refractivity contribution is 0.380. The largest absolute Gasteiger partial charge is 0.467 e. The van der Waals surface area contributed by atoms with Gasteiger partial charge in [0.2, 0.25) is 0 Å². The fourth-order valence-corrected chi connectivity index (χ4v) is 2.67. The Balaban J connectivity index is 1.93. The van der Waals surface area contributed by atoms with Crippen LogP contribution in [0.3, 0.4) is 0 Å². The third-order valence-corrected chi connectivity index (χ3v) is 3.84. The molecule has 2 N–H and O–H groups in total. The van der Waals surface area contributed by atoms with Gasteiger partial charge in [0.25, 0.3) is 0 Å². The van der Waals surface area contributed by atoms with Crippen LogP contribution in [0.5, 0.6) is 6.01 Å². The fraction of sp³-hybridized carbons (Fsp3) is 0.0667. The minimum absolute atomic E-state index is 0.320. The Morgan fingerprint density at radius 3 is 2.32 bits per heavy atom. The second kappa shape index (κ2) is 6.40. The van der Waals surface area contributed by atoms with Crippen LogP contribution in [0.15, 0.2) is 59.0 Å². The van der Waals surface area contributed by atoms with Gasteiger partial charge < -0.3 is 10.5 Å². The standard InChI is InChI=1S/C15H13N5OS/c1-21-15-19-8-10(9-20-15)13-14(18-7-6-17-13)22-12-4-2-11(16)3-5-12/h2-9H,16H2,1H3. The number of rotatable bonds is 4. The van der Waals surface area contributed by atoms with Crippen molar-refractivity contribution in [1.82, 2.24) is 19.9 Å². The number of nitrogen functional groups attached to an aromatic ring is 1. The Morgan fingerprint density at radius 1 is 0.955 bits per heavy atom. The molecule has 0 saturated carbocycles. The summed E-state index contributed by atoms with van der Waals surface area (Å²) in [5.74, 6) is 0. The van der Waals surface area contributed by atoms with Crippen LogP contribution < -0.4 is 10.5 Å². The van der Waals surface area contributed by atoms with Gasteiger partial charge in [-0.3, -0.25) is 4.98 Å².